The summed E-state index contributed by atoms with van der Waals surface area (Å²) in [4.78, 5) is 29.0. The molecule has 2 heterocycles. The van der Waals surface area contributed by atoms with Gasteiger partial charge < -0.3 is 14.4 Å². The Hall–Kier alpha value is -1.14. The lowest BCUT2D eigenvalue weighted by Gasteiger charge is -2.21. The minimum atomic E-state index is -0.134. The van der Waals surface area contributed by atoms with E-state index in [4.69, 9.17) is 0 Å². The highest BCUT2D eigenvalue weighted by molar-refractivity contribution is 9.10. The van der Waals surface area contributed by atoms with Crippen molar-refractivity contribution in [3.8, 4) is 0 Å². The van der Waals surface area contributed by atoms with Crippen molar-refractivity contribution in [3.63, 3.8) is 0 Å². The molecular weight excluding hydrogens is 334 g/mol. The molecule has 5 nitrogen and oxygen atoms in total. The molecule has 0 aromatic carbocycles. The molecule has 0 unspecified atom stereocenters. The van der Waals surface area contributed by atoms with Gasteiger partial charge in [-0.2, -0.15) is 0 Å². The molecule has 0 saturated carbocycles. The van der Waals surface area contributed by atoms with Crippen molar-refractivity contribution >= 4 is 21.8 Å². The van der Waals surface area contributed by atoms with Gasteiger partial charge >= 0.3 is 0 Å². The summed E-state index contributed by atoms with van der Waals surface area (Å²) < 4.78 is 2.12. The van der Waals surface area contributed by atoms with E-state index in [1.165, 1.54) is 0 Å². The molecule has 1 amide bonds. The summed E-state index contributed by atoms with van der Waals surface area (Å²) in [5, 5.41) is 0. The zero-order valence-corrected chi connectivity index (χ0v) is 14.4. The zero-order valence-electron chi connectivity index (χ0n) is 12.9. The van der Waals surface area contributed by atoms with Gasteiger partial charge in [0.2, 0.25) is 0 Å². The molecule has 1 aliphatic rings. The molecule has 6 heteroatoms. The molecule has 21 heavy (non-hydrogen) atoms. The van der Waals surface area contributed by atoms with E-state index < -0.39 is 0 Å². The van der Waals surface area contributed by atoms with Crippen molar-refractivity contribution in [1.29, 1.82) is 0 Å². The van der Waals surface area contributed by atoms with Gasteiger partial charge in [-0.15, -0.1) is 0 Å². The van der Waals surface area contributed by atoms with E-state index in [1.54, 1.807) is 22.6 Å². The molecule has 1 aromatic rings. The Labute approximate surface area is 133 Å². The van der Waals surface area contributed by atoms with E-state index in [9.17, 15) is 9.59 Å². The number of likely N-dealkylation sites (N-methyl/N-ethyl adjacent to an activating group) is 1. The second-order valence-corrected chi connectivity index (χ2v) is 6.57. The molecule has 0 spiro atoms. The van der Waals surface area contributed by atoms with Crippen molar-refractivity contribution in [3.05, 3.63) is 32.2 Å². The van der Waals surface area contributed by atoms with Crippen LogP contribution < -0.4 is 5.56 Å². The van der Waals surface area contributed by atoms with E-state index in [0.717, 1.165) is 38.0 Å². The lowest BCUT2D eigenvalue weighted by molar-refractivity contribution is 0.0780. The fourth-order valence-electron chi connectivity index (χ4n) is 2.66. The molecule has 0 atom stereocenters. The third-order valence-corrected chi connectivity index (χ3v) is 4.54. The highest BCUT2D eigenvalue weighted by atomic mass is 79.9. The van der Waals surface area contributed by atoms with Crippen LogP contribution in [-0.2, 0) is 6.54 Å². The first-order chi connectivity index (χ1) is 9.91. The number of amides is 1. The maximum atomic E-state index is 12.7. The predicted molar refractivity (Wildman–Crippen MR) is 86.8 cm³/mol. The average molecular weight is 356 g/mol. The van der Waals surface area contributed by atoms with Gasteiger partial charge in [-0.3, -0.25) is 9.59 Å². The second kappa shape index (κ2) is 6.75. The van der Waals surface area contributed by atoms with Crippen LogP contribution in [0.2, 0.25) is 0 Å². The molecule has 0 fully saturated rings. The highest BCUT2D eigenvalue weighted by Gasteiger charge is 2.21. The molecule has 0 aliphatic carbocycles. The van der Waals surface area contributed by atoms with Gasteiger partial charge in [0.15, 0.2) is 0 Å². The first-order valence-electron chi connectivity index (χ1n) is 7.25. The Kier molecular flexibility index (Phi) is 5.22. The Balaban J connectivity index is 2.53. The quantitative estimate of drug-likeness (QED) is 0.711. The molecule has 0 saturated heterocycles. The Morgan fingerprint density at radius 3 is 2.43 bits per heavy atom. The van der Waals surface area contributed by atoms with Gasteiger partial charge in [-0.1, -0.05) is 0 Å². The van der Waals surface area contributed by atoms with Crippen LogP contribution in [-0.4, -0.2) is 54.0 Å². The minimum Gasteiger partial charge on any atom is -0.340 e. The molecule has 0 radical (unpaired) electrons. The molecule has 1 aromatic heterocycles. The minimum absolute atomic E-state index is 0.0679. The molecule has 0 bridgehead atoms. The van der Waals surface area contributed by atoms with Gasteiger partial charge in [0.05, 0.1) is 4.47 Å². The first-order valence-corrected chi connectivity index (χ1v) is 8.05. The maximum Gasteiger partial charge on any atom is 0.270 e. The SMILES string of the molecule is Cc1cc(Br)c(=O)n2c1C(=O)N(C)CCCCN(C)CC2. The van der Waals surface area contributed by atoms with Crippen LogP contribution >= 0.6 is 15.9 Å². The Morgan fingerprint density at radius 1 is 1.05 bits per heavy atom. The molecule has 0 N–H and O–H groups in total. The maximum absolute atomic E-state index is 12.7. The van der Waals surface area contributed by atoms with Gasteiger partial charge in [-0.05, 0) is 60.9 Å². The lowest BCUT2D eigenvalue weighted by Crippen LogP contribution is -2.36. The third kappa shape index (κ3) is 3.55. The molecule has 1 aliphatic heterocycles. The molecule has 116 valence electrons. The van der Waals surface area contributed by atoms with Crippen LogP contribution in [0.5, 0.6) is 0 Å². The monoisotopic (exact) mass is 355 g/mol. The number of halogens is 1. The van der Waals surface area contributed by atoms with Gasteiger partial charge in [0, 0.05) is 26.7 Å². The standard InChI is InChI=1S/C15H22BrN3O2/c1-11-10-12(16)14(20)19-9-8-17(2)6-4-5-7-18(3)15(21)13(11)19/h10H,4-9H2,1-3H3. The highest BCUT2D eigenvalue weighted by Crippen LogP contribution is 2.15. The number of hydrogen-bond acceptors (Lipinski definition) is 3. The second-order valence-electron chi connectivity index (χ2n) is 5.72. The van der Waals surface area contributed by atoms with Crippen LogP contribution in [0.4, 0.5) is 0 Å². The van der Waals surface area contributed by atoms with Crippen molar-refractivity contribution in [2.45, 2.75) is 26.3 Å². The normalized spacial score (nSPS) is 18.3. The van der Waals surface area contributed by atoms with Crippen LogP contribution in [0.1, 0.15) is 28.9 Å². The summed E-state index contributed by atoms with van der Waals surface area (Å²) in [5.74, 6) is -0.0679. The van der Waals surface area contributed by atoms with Crippen LogP contribution in [0.25, 0.3) is 0 Å². The van der Waals surface area contributed by atoms with Crippen LogP contribution in [0.3, 0.4) is 0 Å². The molecular formula is C15H22BrN3O2. The van der Waals surface area contributed by atoms with E-state index >= 15 is 0 Å². The zero-order chi connectivity index (χ0) is 15.6. The van der Waals surface area contributed by atoms with Crippen molar-refractivity contribution in [2.75, 3.05) is 33.7 Å². The van der Waals surface area contributed by atoms with E-state index in [2.05, 4.69) is 27.9 Å². The Morgan fingerprint density at radius 2 is 1.71 bits per heavy atom. The number of fused-ring (bicyclic) bond motifs is 1. The van der Waals surface area contributed by atoms with Crippen molar-refractivity contribution in [1.82, 2.24) is 14.4 Å². The number of nitrogens with zero attached hydrogens (tertiary/aromatic N) is 3. The van der Waals surface area contributed by atoms with E-state index in [-0.39, 0.29) is 11.5 Å². The number of aryl methyl sites for hydroxylation is 1. The van der Waals surface area contributed by atoms with Crippen LogP contribution in [0, 0.1) is 6.92 Å². The summed E-state index contributed by atoms with van der Waals surface area (Å²) >= 11 is 3.30. The number of carbonyl (C=O) groups is 1. The number of pyridine rings is 1. The Bertz CT molecular complexity index is 597. The van der Waals surface area contributed by atoms with Gasteiger partial charge in [-0.25, -0.2) is 0 Å². The largest absolute Gasteiger partial charge is 0.340 e. The lowest BCUT2D eigenvalue weighted by atomic mass is 10.1. The third-order valence-electron chi connectivity index (χ3n) is 3.97. The van der Waals surface area contributed by atoms with Crippen LogP contribution in [0.15, 0.2) is 15.3 Å². The van der Waals surface area contributed by atoms with E-state index in [0.29, 0.717) is 16.7 Å². The number of aromatic nitrogens is 1. The first kappa shape index (κ1) is 16.2. The van der Waals surface area contributed by atoms with Gasteiger partial charge in [0.1, 0.15) is 5.69 Å². The molecule has 2 rings (SSSR count). The van der Waals surface area contributed by atoms with E-state index in [1.807, 2.05) is 6.92 Å². The summed E-state index contributed by atoms with van der Waals surface area (Å²) in [5.41, 5.74) is 1.21. The summed E-state index contributed by atoms with van der Waals surface area (Å²) in [6, 6.07) is 1.74. The summed E-state index contributed by atoms with van der Waals surface area (Å²) in [6.45, 7) is 4.88. The predicted octanol–water partition coefficient (Wildman–Crippen LogP) is 1.72. The average Bonchev–Trinajstić information content (AvgIpc) is 2.46. The number of hydrogen-bond donors (Lipinski definition) is 0. The fraction of sp³-hybridized carbons (Fsp3) is 0.600. The van der Waals surface area contributed by atoms with Crippen molar-refractivity contribution < 1.29 is 4.79 Å². The fourth-order valence-corrected chi connectivity index (χ4v) is 3.21. The summed E-state index contributed by atoms with van der Waals surface area (Å²) in [7, 11) is 3.86. The van der Waals surface area contributed by atoms with Crippen molar-refractivity contribution in [2.24, 2.45) is 0 Å². The summed E-state index contributed by atoms with van der Waals surface area (Å²) in [6.07, 6.45) is 2.04. The topological polar surface area (TPSA) is 45.6 Å². The smallest absolute Gasteiger partial charge is 0.270 e. The number of carbonyl (C=O) groups excluding carboxylic acids is 1. The van der Waals surface area contributed by atoms with Gasteiger partial charge in [0.25, 0.3) is 11.5 Å². The number of rotatable bonds is 0.